The van der Waals surface area contributed by atoms with Gasteiger partial charge in [-0.3, -0.25) is 5.43 Å². The normalized spacial score (nSPS) is 11.1. The van der Waals surface area contributed by atoms with Crippen molar-refractivity contribution in [2.24, 2.45) is 5.10 Å². The molecule has 146 valence electrons. The lowest BCUT2D eigenvalue weighted by atomic mass is 10.1. The van der Waals surface area contributed by atoms with Crippen LogP contribution in [0.25, 0.3) is 0 Å². The Hall–Kier alpha value is -1.42. The Balaban J connectivity index is 1.76. The number of benzene rings is 2. The number of anilines is 1. The summed E-state index contributed by atoms with van der Waals surface area (Å²) in [5, 5.41) is 5.50. The van der Waals surface area contributed by atoms with Crippen LogP contribution in [-0.2, 0) is 0 Å². The van der Waals surface area contributed by atoms with E-state index in [4.69, 9.17) is 39.5 Å². The Morgan fingerprint density at radius 1 is 0.926 bits per heavy atom. The van der Waals surface area contributed by atoms with Crippen LogP contribution in [0.15, 0.2) is 41.5 Å². The zero-order chi connectivity index (χ0) is 19.5. The highest BCUT2D eigenvalue weighted by atomic mass is 35.5. The second kappa shape index (κ2) is 12.1. The van der Waals surface area contributed by atoms with Crippen molar-refractivity contribution < 1.29 is 4.74 Å². The summed E-state index contributed by atoms with van der Waals surface area (Å²) in [6, 6.07) is 11.0. The molecule has 0 heterocycles. The van der Waals surface area contributed by atoms with Gasteiger partial charge < -0.3 is 4.74 Å². The number of unbranched alkanes of at least 4 members (excludes halogenated alkanes) is 5. The smallest absolute Gasteiger partial charge is 0.119 e. The molecule has 2 aromatic rings. The van der Waals surface area contributed by atoms with Crippen molar-refractivity contribution in [1.82, 2.24) is 0 Å². The third kappa shape index (κ3) is 8.00. The van der Waals surface area contributed by atoms with Crippen molar-refractivity contribution in [3.63, 3.8) is 0 Å². The lowest BCUT2D eigenvalue weighted by molar-refractivity contribution is 0.304. The number of nitrogens with zero attached hydrogens (tertiary/aromatic N) is 1. The van der Waals surface area contributed by atoms with Gasteiger partial charge in [-0.25, -0.2) is 0 Å². The molecule has 0 aromatic heterocycles. The van der Waals surface area contributed by atoms with Gasteiger partial charge in [0.2, 0.25) is 0 Å². The first-order chi connectivity index (χ1) is 13.1. The molecule has 0 bridgehead atoms. The average molecular weight is 428 g/mol. The minimum absolute atomic E-state index is 0.420. The van der Waals surface area contributed by atoms with Gasteiger partial charge >= 0.3 is 0 Å². The third-order valence-corrected chi connectivity index (χ3v) is 4.86. The molecule has 0 aliphatic rings. The zero-order valence-corrected chi connectivity index (χ0v) is 17.7. The summed E-state index contributed by atoms with van der Waals surface area (Å²) in [6.45, 7) is 2.99. The Bertz CT molecular complexity index is 710. The van der Waals surface area contributed by atoms with Crippen LogP contribution < -0.4 is 10.2 Å². The van der Waals surface area contributed by atoms with Gasteiger partial charge in [-0.15, -0.1) is 0 Å². The molecule has 2 rings (SSSR count). The second-order valence-corrected chi connectivity index (χ2v) is 7.55. The van der Waals surface area contributed by atoms with Crippen LogP contribution in [0.5, 0.6) is 5.75 Å². The maximum atomic E-state index is 6.11. The highest BCUT2D eigenvalue weighted by Crippen LogP contribution is 2.33. The van der Waals surface area contributed by atoms with E-state index in [1.165, 1.54) is 32.1 Å². The zero-order valence-electron chi connectivity index (χ0n) is 15.5. The molecule has 3 nitrogen and oxygen atoms in total. The van der Waals surface area contributed by atoms with Gasteiger partial charge in [0, 0.05) is 5.02 Å². The molecular formula is C21H25Cl3N2O. The molecular weight excluding hydrogens is 403 g/mol. The maximum Gasteiger partial charge on any atom is 0.119 e. The van der Waals surface area contributed by atoms with Crippen LogP contribution in [0, 0.1) is 0 Å². The van der Waals surface area contributed by atoms with Crippen molar-refractivity contribution in [2.75, 3.05) is 12.0 Å². The minimum Gasteiger partial charge on any atom is -0.494 e. The predicted octanol–water partition coefficient (Wildman–Crippen LogP) is 7.83. The minimum atomic E-state index is 0.420. The summed E-state index contributed by atoms with van der Waals surface area (Å²) in [6.07, 6.45) is 9.24. The number of hydrogen-bond donors (Lipinski definition) is 1. The van der Waals surface area contributed by atoms with Crippen LogP contribution >= 0.6 is 34.8 Å². The first-order valence-electron chi connectivity index (χ1n) is 9.26. The molecule has 0 atom stereocenters. The van der Waals surface area contributed by atoms with Crippen LogP contribution in [-0.4, -0.2) is 12.8 Å². The monoisotopic (exact) mass is 426 g/mol. The van der Waals surface area contributed by atoms with E-state index in [2.05, 4.69) is 17.5 Å². The van der Waals surface area contributed by atoms with Gasteiger partial charge in [-0.1, -0.05) is 73.8 Å². The highest BCUT2D eigenvalue weighted by molar-refractivity contribution is 6.41. The quantitative estimate of drug-likeness (QED) is 0.225. The summed E-state index contributed by atoms with van der Waals surface area (Å²) in [5.74, 6) is 0.873. The van der Waals surface area contributed by atoms with E-state index in [0.29, 0.717) is 20.8 Å². The molecule has 0 saturated heterocycles. The molecule has 0 radical (unpaired) electrons. The Labute approximate surface area is 176 Å². The largest absolute Gasteiger partial charge is 0.494 e. The Morgan fingerprint density at radius 2 is 1.56 bits per heavy atom. The van der Waals surface area contributed by atoms with Crippen molar-refractivity contribution in [3.05, 3.63) is 57.0 Å². The molecule has 0 aliphatic heterocycles. The van der Waals surface area contributed by atoms with Gasteiger partial charge in [0.15, 0.2) is 0 Å². The summed E-state index contributed by atoms with van der Waals surface area (Å²) < 4.78 is 5.78. The number of nitrogens with one attached hydrogen (secondary N) is 1. The molecule has 0 spiro atoms. The third-order valence-electron chi connectivity index (χ3n) is 4.04. The molecule has 27 heavy (non-hydrogen) atoms. The Morgan fingerprint density at radius 3 is 2.22 bits per heavy atom. The van der Waals surface area contributed by atoms with Gasteiger partial charge in [0.25, 0.3) is 0 Å². The van der Waals surface area contributed by atoms with Crippen molar-refractivity contribution in [1.29, 1.82) is 0 Å². The topological polar surface area (TPSA) is 33.6 Å². The summed E-state index contributed by atoms with van der Waals surface area (Å²) in [5.41, 5.74) is 4.32. The fourth-order valence-electron chi connectivity index (χ4n) is 2.54. The van der Waals surface area contributed by atoms with Crippen LogP contribution in [0.2, 0.25) is 15.1 Å². The van der Waals surface area contributed by atoms with E-state index in [-0.39, 0.29) is 0 Å². The summed E-state index contributed by atoms with van der Waals surface area (Å²) in [7, 11) is 0. The number of halogens is 3. The number of hydrogen-bond acceptors (Lipinski definition) is 3. The summed E-state index contributed by atoms with van der Waals surface area (Å²) in [4.78, 5) is 0. The van der Waals surface area contributed by atoms with E-state index in [1.807, 2.05) is 24.3 Å². The molecule has 0 aliphatic carbocycles. The first kappa shape index (κ1) is 21.9. The molecule has 6 heteroatoms. The standard InChI is InChI=1S/C21H25Cl3N2O/c1-2-3-4-5-6-7-12-27-18-10-8-16(9-11-18)15-25-26-21-19(23)13-17(22)14-20(21)24/h8-11,13-15,26H,2-7,12H2,1H3/b25-15+. The molecule has 0 unspecified atom stereocenters. The van der Waals surface area contributed by atoms with Crippen molar-refractivity contribution >= 4 is 46.7 Å². The maximum absolute atomic E-state index is 6.11. The van der Waals surface area contributed by atoms with Gasteiger partial charge in [-0.05, 0) is 48.4 Å². The van der Waals surface area contributed by atoms with E-state index in [1.54, 1.807) is 18.3 Å². The van der Waals surface area contributed by atoms with E-state index < -0.39 is 0 Å². The fraction of sp³-hybridized carbons (Fsp3) is 0.381. The molecule has 0 fully saturated rings. The highest BCUT2D eigenvalue weighted by Gasteiger charge is 2.06. The lowest BCUT2D eigenvalue weighted by Gasteiger charge is -2.07. The number of rotatable bonds is 11. The lowest BCUT2D eigenvalue weighted by Crippen LogP contribution is -1.97. The summed E-state index contributed by atoms with van der Waals surface area (Å²) >= 11 is 18.1. The molecule has 2 aromatic carbocycles. The number of hydrazone groups is 1. The van der Waals surface area contributed by atoms with Gasteiger partial charge in [-0.2, -0.15) is 5.10 Å². The van der Waals surface area contributed by atoms with E-state index in [9.17, 15) is 0 Å². The number of ether oxygens (including phenoxy) is 1. The van der Waals surface area contributed by atoms with Crippen LogP contribution in [0.4, 0.5) is 5.69 Å². The molecule has 0 amide bonds. The molecule has 0 saturated carbocycles. The van der Waals surface area contributed by atoms with Gasteiger partial charge in [0.1, 0.15) is 5.75 Å². The van der Waals surface area contributed by atoms with Crippen LogP contribution in [0.3, 0.4) is 0 Å². The fourth-order valence-corrected chi connectivity index (χ4v) is 3.44. The predicted molar refractivity (Wildman–Crippen MR) is 118 cm³/mol. The van der Waals surface area contributed by atoms with Crippen molar-refractivity contribution in [3.8, 4) is 5.75 Å². The Kier molecular flexibility index (Phi) is 9.82. The molecule has 1 N–H and O–H groups in total. The average Bonchev–Trinajstić information content (AvgIpc) is 2.64. The van der Waals surface area contributed by atoms with Gasteiger partial charge in [0.05, 0.1) is 28.6 Å². The second-order valence-electron chi connectivity index (χ2n) is 6.30. The SMILES string of the molecule is CCCCCCCCOc1ccc(/C=N/Nc2c(Cl)cc(Cl)cc2Cl)cc1. The van der Waals surface area contributed by atoms with Crippen molar-refractivity contribution in [2.45, 2.75) is 45.4 Å². The van der Waals surface area contributed by atoms with E-state index >= 15 is 0 Å². The first-order valence-corrected chi connectivity index (χ1v) is 10.4. The van der Waals surface area contributed by atoms with Crippen LogP contribution in [0.1, 0.15) is 51.0 Å². The van der Waals surface area contributed by atoms with E-state index in [0.717, 1.165) is 24.3 Å².